The highest BCUT2D eigenvalue weighted by Crippen LogP contribution is 2.19. The van der Waals surface area contributed by atoms with Gasteiger partial charge in [0.1, 0.15) is 0 Å². The largest absolute Gasteiger partial charge is 0.361 e. The van der Waals surface area contributed by atoms with E-state index in [4.69, 9.17) is 0 Å². The summed E-state index contributed by atoms with van der Waals surface area (Å²) in [7, 11) is 0. The van der Waals surface area contributed by atoms with Gasteiger partial charge in [0.25, 0.3) is 0 Å². The molecular weight excluding hydrogens is 260 g/mol. The van der Waals surface area contributed by atoms with Crippen LogP contribution < -0.4 is 0 Å². The normalized spacial score (nSPS) is 11.2. The van der Waals surface area contributed by atoms with Crippen LogP contribution in [0, 0.1) is 5.92 Å². The van der Waals surface area contributed by atoms with Gasteiger partial charge in [0.05, 0.1) is 0 Å². The van der Waals surface area contributed by atoms with Gasteiger partial charge in [-0.25, -0.2) is 0 Å². The van der Waals surface area contributed by atoms with Crippen molar-refractivity contribution in [3.63, 3.8) is 0 Å². The zero-order valence-electron chi connectivity index (χ0n) is 13.4. The topological polar surface area (TPSA) is 36.1 Å². The molecule has 0 spiro atoms. The fraction of sp³-hybridized carbons (Fsp3) is 0.500. The Kier molecular flexibility index (Phi) is 5.43. The number of fused-ring (bicyclic) bond motifs is 1. The third kappa shape index (κ3) is 4.10. The monoisotopic (exact) mass is 286 g/mol. The van der Waals surface area contributed by atoms with Crippen molar-refractivity contribution in [3.8, 4) is 0 Å². The Labute approximate surface area is 127 Å². The molecule has 1 heterocycles. The first-order chi connectivity index (χ1) is 10.1. The van der Waals surface area contributed by atoms with Crippen molar-refractivity contribution >= 4 is 16.8 Å². The number of H-pyrrole nitrogens is 1. The molecule has 0 atom stereocenters. The molecule has 0 fully saturated rings. The van der Waals surface area contributed by atoms with E-state index >= 15 is 0 Å². The average Bonchev–Trinajstić information content (AvgIpc) is 2.88. The number of para-hydroxylation sites is 1. The molecule has 0 aliphatic carbocycles. The van der Waals surface area contributed by atoms with Gasteiger partial charge in [-0.2, -0.15) is 0 Å². The van der Waals surface area contributed by atoms with Gasteiger partial charge in [-0.1, -0.05) is 32.0 Å². The van der Waals surface area contributed by atoms with Crippen molar-refractivity contribution in [3.05, 3.63) is 36.0 Å². The summed E-state index contributed by atoms with van der Waals surface area (Å²) in [5.74, 6) is 0.813. The van der Waals surface area contributed by atoms with Crippen molar-refractivity contribution in [2.75, 3.05) is 13.1 Å². The SMILES string of the molecule is CCN(CC(C)C)C(=O)CCCc1c[nH]c2ccccc12. The van der Waals surface area contributed by atoms with Crippen LogP contribution >= 0.6 is 0 Å². The highest BCUT2D eigenvalue weighted by molar-refractivity contribution is 5.83. The molecule has 0 radical (unpaired) electrons. The van der Waals surface area contributed by atoms with Crippen molar-refractivity contribution in [1.29, 1.82) is 0 Å². The summed E-state index contributed by atoms with van der Waals surface area (Å²) in [5.41, 5.74) is 2.49. The molecule has 0 bridgehead atoms. The number of carbonyl (C=O) groups is 1. The predicted molar refractivity (Wildman–Crippen MR) is 88.3 cm³/mol. The van der Waals surface area contributed by atoms with Crippen LogP contribution in [0.2, 0.25) is 0 Å². The van der Waals surface area contributed by atoms with Crippen molar-refractivity contribution in [2.24, 2.45) is 5.92 Å². The maximum absolute atomic E-state index is 12.2. The maximum atomic E-state index is 12.2. The van der Waals surface area contributed by atoms with Crippen LogP contribution in [0.1, 0.15) is 39.2 Å². The van der Waals surface area contributed by atoms with Crippen LogP contribution in [0.3, 0.4) is 0 Å². The van der Waals surface area contributed by atoms with Crippen LogP contribution in [0.5, 0.6) is 0 Å². The van der Waals surface area contributed by atoms with E-state index < -0.39 is 0 Å². The number of hydrogen-bond donors (Lipinski definition) is 1. The Morgan fingerprint density at radius 3 is 2.76 bits per heavy atom. The van der Waals surface area contributed by atoms with Gasteiger partial charge in [0.15, 0.2) is 0 Å². The summed E-state index contributed by atoms with van der Waals surface area (Å²) in [6.45, 7) is 8.04. The first-order valence-corrected chi connectivity index (χ1v) is 7.94. The number of carbonyl (C=O) groups excluding carboxylic acids is 1. The van der Waals surface area contributed by atoms with Gasteiger partial charge in [0, 0.05) is 36.6 Å². The van der Waals surface area contributed by atoms with Gasteiger partial charge in [0.2, 0.25) is 5.91 Å². The number of nitrogens with one attached hydrogen (secondary N) is 1. The third-order valence-corrected chi connectivity index (χ3v) is 3.83. The summed E-state index contributed by atoms with van der Waals surface area (Å²) in [6.07, 6.45) is 4.57. The van der Waals surface area contributed by atoms with Gasteiger partial charge < -0.3 is 9.88 Å². The summed E-state index contributed by atoms with van der Waals surface area (Å²) >= 11 is 0. The maximum Gasteiger partial charge on any atom is 0.222 e. The lowest BCUT2D eigenvalue weighted by Gasteiger charge is -2.22. The molecule has 1 amide bonds. The number of aromatic amines is 1. The number of benzene rings is 1. The van der Waals surface area contributed by atoms with E-state index in [0.29, 0.717) is 12.3 Å². The van der Waals surface area contributed by atoms with Gasteiger partial charge >= 0.3 is 0 Å². The fourth-order valence-corrected chi connectivity index (χ4v) is 2.77. The summed E-state index contributed by atoms with van der Waals surface area (Å²) < 4.78 is 0. The second-order valence-electron chi connectivity index (χ2n) is 6.04. The lowest BCUT2D eigenvalue weighted by Crippen LogP contribution is -2.33. The van der Waals surface area contributed by atoms with Gasteiger partial charge in [-0.3, -0.25) is 4.79 Å². The molecule has 0 aliphatic rings. The Balaban J connectivity index is 1.87. The van der Waals surface area contributed by atoms with Gasteiger partial charge in [-0.15, -0.1) is 0 Å². The minimum absolute atomic E-state index is 0.283. The molecule has 1 aromatic carbocycles. The van der Waals surface area contributed by atoms with Gasteiger partial charge in [-0.05, 0) is 37.3 Å². The third-order valence-electron chi connectivity index (χ3n) is 3.83. The van der Waals surface area contributed by atoms with E-state index in [9.17, 15) is 4.79 Å². The lowest BCUT2D eigenvalue weighted by atomic mass is 10.1. The second kappa shape index (κ2) is 7.30. The Morgan fingerprint density at radius 2 is 2.05 bits per heavy atom. The predicted octanol–water partition coefficient (Wildman–Crippen LogP) is 4.00. The van der Waals surface area contributed by atoms with E-state index in [1.165, 1.54) is 16.5 Å². The molecule has 114 valence electrons. The number of hydrogen-bond acceptors (Lipinski definition) is 1. The van der Waals surface area contributed by atoms with E-state index in [1.54, 1.807) is 0 Å². The van der Waals surface area contributed by atoms with Crippen LogP contribution in [0.25, 0.3) is 10.9 Å². The highest BCUT2D eigenvalue weighted by Gasteiger charge is 2.13. The van der Waals surface area contributed by atoms with Crippen LogP contribution in [0.15, 0.2) is 30.5 Å². The molecule has 0 aliphatic heterocycles. The van der Waals surface area contributed by atoms with Crippen molar-refractivity contribution in [1.82, 2.24) is 9.88 Å². The molecule has 0 saturated heterocycles. The number of amides is 1. The van der Waals surface area contributed by atoms with Crippen molar-refractivity contribution in [2.45, 2.75) is 40.0 Å². The Hall–Kier alpha value is -1.77. The lowest BCUT2D eigenvalue weighted by molar-refractivity contribution is -0.131. The smallest absolute Gasteiger partial charge is 0.222 e. The van der Waals surface area contributed by atoms with Crippen molar-refractivity contribution < 1.29 is 4.79 Å². The fourth-order valence-electron chi connectivity index (χ4n) is 2.77. The quantitative estimate of drug-likeness (QED) is 0.820. The van der Waals surface area contributed by atoms with Crippen LogP contribution in [0.4, 0.5) is 0 Å². The minimum Gasteiger partial charge on any atom is -0.361 e. The first kappa shape index (κ1) is 15.6. The number of aryl methyl sites for hydroxylation is 1. The molecule has 21 heavy (non-hydrogen) atoms. The van der Waals surface area contributed by atoms with E-state index in [1.807, 2.05) is 11.0 Å². The number of nitrogens with zero attached hydrogens (tertiary/aromatic N) is 1. The molecule has 0 unspecified atom stereocenters. The average molecular weight is 286 g/mol. The minimum atomic E-state index is 0.283. The standard InChI is InChI=1S/C18H26N2O/c1-4-20(13-14(2)3)18(21)11-7-8-15-12-19-17-10-6-5-9-16(15)17/h5-6,9-10,12,14,19H,4,7-8,11,13H2,1-3H3. The number of aromatic nitrogens is 1. The van der Waals surface area contributed by atoms with E-state index in [0.717, 1.165) is 25.9 Å². The Bertz CT molecular complexity index is 586. The Morgan fingerprint density at radius 1 is 1.29 bits per heavy atom. The molecule has 2 rings (SSSR count). The molecule has 1 N–H and O–H groups in total. The molecule has 2 aromatic rings. The number of rotatable bonds is 7. The second-order valence-corrected chi connectivity index (χ2v) is 6.04. The first-order valence-electron chi connectivity index (χ1n) is 7.94. The van der Waals surface area contributed by atoms with Crippen LogP contribution in [-0.2, 0) is 11.2 Å². The van der Waals surface area contributed by atoms with Crippen LogP contribution in [-0.4, -0.2) is 28.9 Å². The summed E-state index contributed by atoms with van der Waals surface area (Å²) in [4.78, 5) is 17.5. The molecular formula is C18H26N2O. The summed E-state index contributed by atoms with van der Waals surface area (Å²) in [6, 6.07) is 8.33. The zero-order valence-corrected chi connectivity index (χ0v) is 13.4. The molecule has 1 aromatic heterocycles. The molecule has 0 saturated carbocycles. The summed E-state index contributed by atoms with van der Waals surface area (Å²) in [5, 5.41) is 1.28. The van der Waals surface area contributed by atoms with E-state index in [-0.39, 0.29) is 5.91 Å². The molecule has 3 nitrogen and oxygen atoms in total. The zero-order chi connectivity index (χ0) is 15.2. The highest BCUT2D eigenvalue weighted by atomic mass is 16.2. The molecule has 3 heteroatoms. The van der Waals surface area contributed by atoms with E-state index in [2.05, 4.69) is 50.2 Å².